The zero-order valence-corrected chi connectivity index (χ0v) is 15.4. The van der Waals surface area contributed by atoms with Crippen LogP contribution in [0.5, 0.6) is 0 Å². The number of hydrogen-bond donors (Lipinski definition) is 1. The van der Waals surface area contributed by atoms with Crippen LogP contribution >= 0.6 is 0 Å². The fraction of sp³-hybridized carbons (Fsp3) is 0.684. The molecule has 1 aromatic rings. The Morgan fingerprint density at radius 3 is 2.80 bits per heavy atom. The molecule has 1 N–H and O–H groups in total. The van der Waals surface area contributed by atoms with Crippen molar-refractivity contribution in [3.05, 3.63) is 30.1 Å². The van der Waals surface area contributed by atoms with Crippen LogP contribution in [0.4, 0.5) is 4.79 Å². The normalized spacial score (nSPS) is 22.8. The number of piperazine rings is 1. The third-order valence-corrected chi connectivity index (χ3v) is 5.43. The Labute approximate surface area is 151 Å². The van der Waals surface area contributed by atoms with Gasteiger partial charge in [0.15, 0.2) is 0 Å². The number of nitrogens with one attached hydrogen (secondary N) is 1. The Morgan fingerprint density at radius 1 is 1.24 bits per heavy atom. The van der Waals surface area contributed by atoms with Crippen molar-refractivity contribution in [2.45, 2.75) is 38.8 Å². The standard InChI is InChI=1S/C19H31N5O/c1-2-23-9-4-3-7-18(23)15-21-19(25)24-12-10-22(11-13-24)16-17-6-5-8-20-14-17/h5-6,8,14,18H,2-4,7,9-13,15-16H2,1H3,(H,21,25)/t18-/m0/s1. The molecule has 2 saturated heterocycles. The molecule has 138 valence electrons. The molecule has 0 aliphatic carbocycles. The van der Waals surface area contributed by atoms with Crippen molar-refractivity contribution in [1.82, 2.24) is 25.0 Å². The van der Waals surface area contributed by atoms with E-state index in [4.69, 9.17) is 0 Å². The van der Waals surface area contributed by atoms with Gasteiger partial charge in [0.1, 0.15) is 0 Å². The number of urea groups is 1. The summed E-state index contributed by atoms with van der Waals surface area (Å²) in [5.74, 6) is 0. The lowest BCUT2D eigenvalue weighted by Gasteiger charge is -2.37. The fourth-order valence-electron chi connectivity index (χ4n) is 3.88. The van der Waals surface area contributed by atoms with Gasteiger partial charge >= 0.3 is 6.03 Å². The van der Waals surface area contributed by atoms with Crippen molar-refractivity contribution in [3.63, 3.8) is 0 Å². The first-order valence-corrected chi connectivity index (χ1v) is 9.64. The van der Waals surface area contributed by atoms with Crippen molar-refractivity contribution in [1.29, 1.82) is 0 Å². The Kier molecular flexibility index (Phi) is 6.64. The van der Waals surface area contributed by atoms with E-state index in [0.29, 0.717) is 6.04 Å². The highest BCUT2D eigenvalue weighted by atomic mass is 16.2. The minimum absolute atomic E-state index is 0.0997. The second kappa shape index (κ2) is 9.15. The van der Waals surface area contributed by atoms with E-state index in [0.717, 1.165) is 45.8 Å². The summed E-state index contributed by atoms with van der Waals surface area (Å²) in [5, 5.41) is 3.17. The average molecular weight is 345 g/mol. The minimum atomic E-state index is 0.0997. The second-order valence-electron chi connectivity index (χ2n) is 7.09. The zero-order chi connectivity index (χ0) is 17.5. The number of nitrogens with zero attached hydrogens (tertiary/aromatic N) is 4. The average Bonchev–Trinajstić information content (AvgIpc) is 2.67. The quantitative estimate of drug-likeness (QED) is 0.884. The number of rotatable bonds is 5. The lowest BCUT2D eigenvalue weighted by atomic mass is 10.0. The van der Waals surface area contributed by atoms with Crippen molar-refractivity contribution < 1.29 is 4.79 Å². The van der Waals surface area contributed by atoms with Crippen LogP contribution in [0.1, 0.15) is 31.7 Å². The van der Waals surface area contributed by atoms with Gasteiger partial charge in [0.2, 0.25) is 0 Å². The van der Waals surface area contributed by atoms with E-state index in [-0.39, 0.29) is 6.03 Å². The van der Waals surface area contributed by atoms with E-state index >= 15 is 0 Å². The van der Waals surface area contributed by atoms with Crippen molar-refractivity contribution in [3.8, 4) is 0 Å². The monoisotopic (exact) mass is 345 g/mol. The lowest BCUT2D eigenvalue weighted by molar-refractivity contribution is 0.126. The third kappa shape index (κ3) is 5.16. The molecular formula is C19H31N5O. The molecule has 0 saturated carbocycles. The molecule has 3 rings (SSSR count). The molecule has 0 bridgehead atoms. The van der Waals surface area contributed by atoms with Crippen LogP contribution in [0.2, 0.25) is 0 Å². The summed E-state index contributed by atoms with van der Waals surface area (Å²) in [7, 11) is 0. The maximum absolute atomic E-state index is 12.5. The zero-order valence-electron chi connectivity index (χ0n) is 15.4. The molecule has 1 atom stereocenters. The highest BCUT2D eigenvalue weighted by Gasteiger charge is 2.24. The predicted octanol–water partition coefficient (Wildman–Crippen LogP) is 1.78. The SMILES string of the molecule is CCN1CCCC[C@H]1CNC(=O)N1CCN(Cc2cccnc2)CC1. The summed E-state index contributed by atoms with van der Waals surface area (Å²) in [4.78, 5) is 23.5. The number of likely N-dealkylation sites (tertiary alicyclic amines) is 1. The maximum atomic E-state index is 12.5. The van der Waals surface area contributed by atoms with Gasteiger partial charge in [0, 0.05) is 57.7 Å². The Hall–Kier alpha value is -1.66. The molecule has 3 heterocycles. The summed E-state index contributed by atoms with van der Waals surface area (Å²) in [5.41, 5.74) is 1.23. The van der Waals surface area contributed by atoms with Gasteiger partial charge in [-0.15, -0.1) is 0 Å². The molecule has 0 unspecified atom stereocenters. The van der Waals surface area contributed by atoms with Crippen LogP contribution in [0.25, 0.3) is 0 Å². The van der Waals surface area contributed by atoms with Gasteiger partial charge in [-0.3, -0.25) is 14.8 Å². The van der Waals surface area contributed by atoms with Crippen LogP contribution in [0, 0.1) is 0 Å². The van der Waals surface area contributed by atoms with Crippen molar-refractivity contribution in [2.75, 3.05) is 45.8 Å². The first-order valence-electron chi connectivity index (χ1n) is 9.64. The first kappa shape index (κ1) is 18.1. The van der Waals surface area contributed by atoms with Crippen LogP contribution in [-0.2, 0) is 6.54 Å². The molecule has 0 radical (unpaired) electrons. The number of aromatic nitrogens is 1. The molecule has 2 amide bonds. The Balaban J connectivity index is 1.39. The van der Waals surface area contributed by atoms with Gasteiger partial charge in [-0.1, -0.05) is 19.4 Å². The molecule has 1 aromatic heterocycles. The Morgan fingerprint density at radius 2 is 2.08 bits per heavy atom. The number of carbonyl (C=O) groups is 1. The van der Waals surface area contributed by atoms with Gasteiger partial charge in [-0.2, -0.15) is 0 Å². The predicted molar refractivity (Wildman–Crippen MR) is 99.4 cm³/mol. The smallest absolute Gasteiger partial charge is 0.317 e. The van der Waals surface area contributed by atoms with E-state index in [9.17, 15) is 4.79 Å². The highest BCUT2D eigenvalue weighted by Crippen LogP contribution is 2.16. The molecule has 0 spiro atoms. The topological polar surface area (TPSA) is 51.7 Å². The first-order chi connectivity index (χ1) is 12.3. The van der Waals surface area contributed by atoms with Crippen LogP contribution < -0.4 is 5.32 Å². The Bertz CT molecular complexity index is 530. The van der Waals surface area contributed by atoms with Gasteiger partial charge in [0.25, 0.3) is 0 Å². The summed E-state index contributed by atoms with van der Waals surface area (Å²) in [6.45, 7) is 9.60. The largest absolute Gasteiger partial charge is 0.336 e. The van der Waals surface area contributed by atoms with Gasteiger partial charge < -0.3 is 10.2 Å². The molecule has 0 aromatic carbocycles. The minimum Gasteiger partial charge on any atom is -0.336 e. The van der Waals surface area contributed by atoms with Crippen LogP contribution in [-0.4, -0.2) is 77.6 Å². The van der Waals surface area contributed by atoms with Crippen LogP contribution in [0.15, 0.2) is 24.5 Å². The van der Waals surface area contributed by atoms with E-state index in [1.165, 1.54) is 31.4 Å². The number of carbonyl (C=O) groups excluding carboxylic acids is 1. The van der Waals surface area contributed by atoms with E-state index in [2.05, 4.69) is 33.1 Å². The molecule has 6 heteroatoms. The second-order valence-corrected chi connectivity index (χ2v) is 7.09. The summed E-state index contributed by atoms with van der Waals surface area (Å²) < 4.78 is 0. The highest BCUT2D eigenvalue weighted by molar-refractivity contribution is 5.74. The maximum Gasteiger partial charge on any atom is 0.317 e. The van der Waals surface area contributed by atoms with Gasteiger partial charge in [0.05, 0.1) is 0 Å². The molecule has 2 aliphatic rings. The summed E-state index contributed by atoms with van der Waals surface area (Å²) in [6, 6.07) is 4.69. The van der Waals surface area contributed by atoms with Crippen molar-refractivity contribution in [2.24, 2.45) is 0 Å². The lowest BCUT2D eigenvalue weighted by Crippen LogP contribution is -2.54. The number of hydrogen-bond acceptors (Lipinski definition) is 4. The number of amides is 2. The van der Waals surface area contributed by atoms with E-state index in [1.807, 2.05) is 17.2 Å². The summed E-state index contributed by atoms with van der Waals surface area (Å²) >= 11 is 0. The number of pyridine rings is 1. The molecule has 2 aliphatic heterocycles. The molecular weight excluding hydrogens is 314 g/mol. The van der Waals surface area contributed by atoms with Crippen molar-refractivity contribution >= 4 is 6.03 Å². The molecule has 2 fully saturated rings. The van der Waals surface area contributed by atoms with E-state index < -0.39 is 0 Å². The summed E-state index contributed by atoms with van der Waals surface area (Å²) in [6.07, 6.45) is 7.49. The van der Waals surface area contributed by atoms with Gasteiger partial charge in [-0.05, 0) is 37.6 Å². The molecule has 25 heavy (non-hydrogen) atoms. The number of likely N-dealkylation sites (N-methyl/N-ethyl adjacent to an activating group) is 1. The third-order valence-electron chi connectivity index (χ3n) is 5.43. The van der Waals surface area contributed by atoms with E-state index in [1.54, 1.807) is 6.20 Å². The number of piperidine rings is 1. The molecule has 6 nitrogen and oxygen atoms in total. The van der Waals surface area contributed by atoms with Crippen LogP contribution in [0.3, 0.4) is 0 Å². The fourth-order valence-corrected chi connectivity index (χ4v) is 3.88. The van der Waals surface area contributed by atoms with Gasteiger partial charge in [-0.25, -0.2) is 4.79 Å².